The number of aromatic nitrogens is 4. The minimum Gasteiger partial charge on any atom is -0.318 e. The van der Waals surface area contributed by atoms with Crippen LogP contribution in [0.3, 0.4) is 0 Å². The van der Waals surface area contributed by atoms with Gasteiger partial charge in [0.05, 0.1) is 6.54 Å². The molecular formula is C28H37N5O2. The molecule has 0 atom stereocenters. The Hall–Kier alpha value is -3.45. The summed E-state index contributed by atoms with van der Waals surface area (Å²) in [5.41, 5.74) is 3.21. The molecule has 0 unspecified atom stereocenters. The van der Waals surface area contributed by atoms with Crippen LogP contribution in [0.5, 0.6) is 0 Å². The van der Waals surface area contributed by atoms with Gasteiger partial charge in [-0.3, -0.25) is 14.3 Å². The van der Waals surface area contributed by atoms with Gasteiger partial charge in [0.15, 0.2) is 11.2 Å². The second kappa shape index (κ2) is 12.9. The third-order valence-electron chi connectivity index (χ3n) is 6.06. The zero-order chi connectivity index (χ0) is 25.2. The van der Waals surface area contributed by atoms with Crippen molar-refractivity contribution >= 4 is 11.2 Å². The second-order valence-electron chi connectivity index (χ2n) is 8.49. The molecule has 3 heterocycles. The van der Waals surface area contributed by atoms with E-state index in [1.165, 1.54) is 36.9 Å². The van der Waals surface area contributed by atoms with E-state index >= 15 is 0 Å². The lowest BCUT2D eigenvalue weighted by Gasteiger charge is -2.10. The fraction of sp³-hybridized carbons (Fsp3) is 0.393. The van der Waals surface area contributed by atoms with Crippen molar-refractivity contribution in [2.45, 2.75) is 60.0 Å². The van der Waals surface area contributed by atoms with Crippen molar-refractivity contribution in [3.63, 3.8) is 0 Å². The number of H-pyrrole nitrogens is 1. The molecule has 35 heavy (non-hydrogen) atoms. The summed E-state index contributed by atoms with van der Waals surface area (Å²) < 4.78 is 3.39. The summed E-state index contributed by atoms with van der Waals surface area (Å²) in [5.74, 6) is 0.700. The molecule has 186 valence electrons. The van der Waals surface area contributed by atoms with E-state index in [1.807, 2.05) is 86.9 Å². The van der Waals surface area contributed by atoms with Gasteiger partial charge in [0.25, 0.3) is 5.56 Å². The van der Waals surface area contributed by atoms with Crippen LogP contribution < -0.4 is 16.6 Å². The summed E-state index contributed by atoms with van der Waals surface area (Å²) in [6.45, 7) is 11.3. The van der Waals surface area contributed by atoms with E-state index in [0.29, 0.717) is 30.1 Å². The molecule has 4 aromatic rings. The van der Waals surface area contributed by atoms with Gasteiger partial charge in [0, 0.05) is 6.54 Å². The van der Waals surface area contributed by atoms with Crippen molar-refractivity contribution in [2.75, 3.05) is 13.1 Å². The number of hydrogen-bond donors (Lipinski definition) is 2. The summed E-state index contributed by atoms with van der Waals surface area (Å²) in [4.78, 5) is 32.0. The van der Waals surface area contributed by atoms with Crippen molar-refractivity contribution in [1.29, 1.82) is 0 Å². The fourth-order valence-corrected chi connectivity index (χ4v) is 4.15. The van der Waals surface area contributed by atoms with E-state index < -0.39 is 11.2 Å². The molecule has 7 nitrogen and oxygen atoms in total. The molecule has 1 aliphatic rings. The van der Waals surface area contributed by atoms with Gasteiger partial charge in [0.1, 0.15) is 5.82 Å². The minimum atomic E-state index is -0.447. The van der Waals surface area contributed by atoms with Gasteiger partial charge in [-0.25, -0.2) is 9.78 Å². The van der Waals surface area contributed by atoms with Gasteiger partial charge < -0.3 is 9.88 Å². The quantitative estimate of drug-likeness (QED) is 0.459. The number of benzene rings is 2. The number of nitrogens with zero attached hydrogens (tertiary/aromatic N) is 3. The molecule has 1 fully saturated rings. The second-order valence-corrected chi connectivity index (χ2v) is 8.49. The number of hydrogen-bond acceptors (Lipinski definition) is 4. The van der Waals surface area contributed by atoms with Gasteiger partial charge in [-0.15, -0.1) is 0 Å². The Bertz CT molecular complexity index is 1320. The Labute approximate surface area is 206 Å². The first kappa shape index (κ1) is 26.2. The van der Waals surface area contributed by atoms with Gasteiger partial charge in [-0.2, -0.15) is 0 Å². The molecule has 7 heteroatoms. The average Bonchev–Trinajstić information content (AvgIpc) is 3.22. The van der Waals surface area contributed by atoms with Crippen molar-refractivity contribution in [1.82, 2.24) is 24.4 Å². The minimum absolute atomic E-state index is 0.355. The van der Waals surface area contributed by atoms with E-state index in [0.717, 1.165) is 16.7 Å². The van der Waals surface area contributed by atoms with E-state index in [2.05, 4.69) is 15.3 Å². The van der Waals surface area contributed by atoms with Crippen LogP contribution in [0, 0.1) is 13.8 Å². The molecular weight excluding hydrogens is 438 g/mol. The van der Waals surface area contributed by atoms with Gasteiger partial charge in [-0.05, 0) is 56.5 Å². The molecule has 2 aromatic carbocycles. The van der Waals surface area contributed by atoms with Gasteiger partial charge in [-0.1, -0.05) is 74.9 Å². The number of aryl methyl sites for hydroxylation is 2. The maximum Gasteiger partial charge on any atom is 0.330 e. The molecule has 1 saturated heterocycles. The monoisotopic (exact) mass is 475 g/mol. The molecule has 0 aliphatic carbocycles. The standard InChI is InChI=1S/C21H20N4O2.C5H11N.C2H6/c1-14-8-6-7-11-17(14)13-24-15(2)22-19-18(24)20(26)23-21(27)25(19)12-16-9-4-3-5-10-16;1-2-4-6-5-3-1;1-2/h3-11H,12-13H2,1-2H3,(H,23,26,27);6H,1-5H2;1-2H3. The number of nitrogens with one attached hydrogen (secondary N) is 2. The number of aromatic amines is 1. The molecule has 2 aromatic heterocycles. The maximum atomic E-state index is 12.6. The van der Waals surface area contributed by atoms with Crippen molar-refractivity contribution in [2.24, 2.45) is 0 Å². The molecule has 0 bridgehead atoms. The number of rotatable bonds is 4. The third-order valence-corrected chi connectivity index (χ3v) is 6.06. The molecule has 0 amide bonds. The van der Waals surface area contributed by atoms with Crippen LogP contribution in [0.25, 0.3) is 11.2 Å². The Kier molecular flexibility index (Phi) is 9.61. The zero-order valence-electron chi connectivity index (χ0n) is 21.3. The first-order valence-corrected chi connectivity index (χ1v) is 12.5. The lowest BCUT2D eigenvalue weighted by Crippen LogP contribution is -2.31. The van der Waals surface area contributed by atoms with Crippen LogP contribution in [-0.2, 0) is 13.1 Å². The Balaban J connectivity index is 0.000000369. The number of fused-ring (bicyclic) bond motifs is 1. The highest BCUT2D eigenvalue weighted by molar-refractivity contribution is 5.71. The largest absolute Gasteiger partial charge is 0.330 e. The first-order chi connectivity index (χ1) is 17.0. The Morgan fingerprint density at radius 3 is 2.09 bits per heavy atom. The van der Waals surface area contributed by atoms with Gasteiger partial charge >= 0.3 is 5.69 Å². The predicted octanol–water partition coefficient (Wildman–Crippen LogP) is 4.39. The van der Waals surface area contributed by atoms with E-state index in [4.69, 9.17) is 0 Å². The topological polar surface area (TPSA) is 84.7 Å². The Morgan fingerprint density at radius 2 is 1.49 bits per heavy atom. The summed E-state index contributed by atoms with van der Waals surface area (Å²) >= 11 is 0. The van der Waals surface area contributed by atoms with Crippen molar-refractivity contribution in [3.05, 3.63) is 98.0 Å². The highest BCUT2D eigenvalue weighted by Crippen LogP contribution is 2.16. The summed E-state index contributed by atoms with van der Waals surface area (Å²) in [7, 11) is 0. The highest BCUT2D eigenvalue weighted by Gasteiger charge is 2.17. The SMILES string of the molecule is C1CCNCC1.CC.Cc1ccccc1Cn1c(C)nc2c1c(=O)[nH]c(=O)n2Cc1ccccc1. The average molecular weight is 476 g/mol. The van der Waals surface area contributed by atoms with Crippen molar-refractivity contribution in [3.8, 4) is 0 Å². The van der Waals surface area contributed by atoms with Crippen LogP contribution in [0.4, 0.5) is 0 Å². The number of piperidine rings is 1. The molecule has 0 radical (unpaired) electrons. The predicted molar refractivity (Wildman–Crippen MR) is 143 cm³/mol. The van der Waals surface area contributed by atoms with Crippen LogP contribution in [0.15, 0.2) is 64.2 Å². The van der Waals surface area contributed by atoms with Gasteiger partial charge in [0.2, 0.25) is 0 Å². The summed E-state index contributed by atoms with van der Waals surface area (Å²) in [6.07, 6.45) is 4.22. The van der Waals surface area contributed by atoms with Crippen LogP contribution in [-0.4, -0.2) is 32.2 Å². The first-order valence-electron chi connectivity index (χ1n) is 12.5. The van der Waals surface area contributed by atoms with Crippen molar-refractivity contribution < 1.29 is 0 Å². The zero-order valence-corrected chi connectivity index (χ0v) is 21.3. The molecule has 0 spiro atoms. The number of imidazole rings is 1. The maximum absolute atomic E-state index is 12.6. The van der Waals surface area contributed by atoms with Crippen LogP contribution >= 0.6 is 0 Å². The third kappa shape index (κ3) is 6.57. The van der Waals surface area contributed by atoms with E-state index in [-0.39, 0.29) is 0 Å². The van der Waals surface area contributed by atoms with Crippen LogP contribution in [0.2, 0.25) is 0 Å². The summed E-state index contributed by atoms with van der Waals surface area (Å²) in [6, 6.07) is 17.7. The Morgan fingerprint density at radius 1 is 0.829 bits per heavy atom. The van der Waals surface area contributed by atoms with Crippen LogP contribution in [0.1, 0.15) is 55.6 Å². The highest BCUT2D eigenvalue weighted by atomic mass is 16.2. The fourth-order valence-electron chi connectivity index (χ4n) is 4.15. The smallest absolute Gasteiger partial charge is 0.318 e. The molecule has 2 N–H and O–H groups in total. The van der Waals surface area contributed by atoms with E-state index in [1.54, 1.807) is 0 Å². The lowest BCUT2D eigenvalue weighted by molar-refractivity contribution is 0.520. The molecule has 0 saturated carbocycles. The molecule has 1 aliphatic heterocycles. The lowest BCUT2D eigenvalue weighted by atomic mass is 10.1. The summed E-state index contributed by atoms with van der Waals surface area (Å²) in [5, 5.41) is 3.28. The normalized spacial score (nSPS) is 12.9. The molecule has 5 rings (SSSR count). The van der Waals surface area contributed by atoms with E-state index in [9.17, 15) is 9.59 Å².